The third-order valence-electron chi connectivity index (χ3n) is 7.83. The van der Waals surface area contributed by atoms with Crippen LogP contribution in [0.5, 0.6) is 0 Å². The number of hydrogen-bond acceptors (Lipinski definition) is 3. The van der Waals surface area contributed by atoms with Crippen LogP contribution >= 0.6 is 0 Å². The molecule has 0 aliphatic heterocycles. The highest BCUT2D eigenvalue weighted by Crippen LogP contribution is 2.49. The Balaban J connectivity index is 1.51. The lowest BCUT2D eigenvalue weighted by atomic mass is 9.82. The highest BCUT2D eigenvalue weighted by atomic mass is 16.5. The number of ether oxygens (including phenoxy) is 1. The zero-order chi connectivity index (χ0) is 21.9. The van der Waals surface area contributed by atoms with Gasteiger partial charge < -0.3 is 16.2 Å². The molecule has 2 aliphatic rings. The molecule has 2 saturated carbocycles. The van der Waals surface area contributed by atoms with Crippen LogP contribution < -0.4 is 11.5 Å². The van der Waals surface area contributed by atoms with Gasteiger partial charge in [0.15, 0.2) is 0 Å². The van der Waals surface area contributed by atoms with Crippen molar-refractivity contribution in [1.29, 1.82) is 0 Å². The third-order valence-corrected chi connectivity index (χ3v) is 7.83. The van der Waals surface area contributed by atoms with Crippen molar-refractivity contribution in [2.45, 2.75) is 101 Å². The quantitative estimate of drug-likeness (QED) is 0.445. The minimum atomic E-state index is 0.0198. The van der Waals surface area contributed by atoms with Crippen LogP contribution in [0.25, 0.3) is 0 Å². The summed E-state index contributed by atoms with van der Waals surface area (Å²) in [7, 11) is 0. The van der Waals surface area contributed by atoms with Gasteiger partial charge in [0.05, 0.1) is 11.2 Å². The molecule has 3 heteroatoms. The maximum atomic E-state index is 7.33. The Morgan fingerprint density at radius 3 is 1.29 bits per heavy atom. The second-order valence-corrected chi connectivity index (χ2v) is 10.4. The van der Waals surface area contributed by atoms with Crippen LogP contribution in [0.4, 0.5) is 11.4 Å². The van der Waals surface area contributed by atoms with E-state index in [-0.39, 0.29) is 11.2 Å². The summed E-state index contributed by atoms with van der Waals surface area (Å²) in [5.41, 5.74) is 16.3. The summed E-state index contributed by atoms with van der Waals surface area (Å²) in [4.78, 5) is 0. The molecule has 31 heavy (non-hydrogen) atoms. The van der Waals surface area contributed by atoms with E-state index in [0.29, 0.717) is 11.8 Å². The first-order valence-corrected chi connectivity index (χ1v) is 12.3. The van der Waals surface area contributed by atoms with Crippen LogP contribution in [0.3, 0.4) is 0 Å². The molecule has 2 aromatic rings. The van der Waals surface area contributed by atoms with Crippen molar-refractivity contribution in [3.8, 4) is 0 Å². The average molecular weight is 421 g/mol. The van der Waals surface area contributed by atoms with E-state index < -0.39 is 0 Å². The van der Waals surface area contributed by atoms with Crippen molar-refractivity contribution in [2.24, 2.45) is 0 Å². The summed E-state index contributed by atoms with van der Waals surface area (Å²) < 4.78 is 7.33. The molecule has 0 heterocycles. The Hall–Kier alpha value is -2.00. The third kappa shape index (κ3) is 5.26. The maximum Gasteiger partial charge on any atom is 0.0695 e. The standard InChI is InChI=1S/C28H40N2O/c1-21(23-7-11-25(29)12-8-23)19-27(15-3-4-16-27)31-28(17-5-6-18-28)20-22(2)24-9-13-26(30)14-10-24/h7-14,21-22H,3-6,15-20,29-30H2,1-2H3. The summed E-state index contributed by atoms with van der Waals surface area (Å²) in [6.45, 7) is 4.71. The Bertz CT molecular complexity index is 759. The van der Waals surface area contributed by atoms with Crippen molar-refractivity contribution in [2.75, 3.05) is 11.5 Å². The lowest BCUT2D eigenvalue weighted by Crippen LogP contribution is -2.43. The smallest absolute Gasteiger partial charge is 0.0695 e. The molecule has 0 amide bonds. The van der Waals surface area contributed by atoms with E-state index in [2.05, 4.69) is 38.1 Å². The van der Waals surface area contributed by atoms with E-state index >= 15 is 0 Å². The molecule has 2 aliphatic carbocycles. The van der Waals surface area contributed by atoms with Crippen LogP contribution in [0.2, 0.25) is 0 Å². The Morgan fingerprint density at radius 1 is 0.645 bits per heavy atom. The van der Waals surface area contributed by atoms with E-state index in [1.54, 1.807) is 0 Å². The van der Waals surface area contributed by atoms with Crippen LogP contribution in [0.1, 0.15) is 101 Å². The number of nitrogens with two attached hydrogens (primary N) is 2. The average Bonchev–Trinajstić information content (AvgIpc) is 3.39. The predicted molar refractivity (Wildman–Crippen MR) is 131 cm³/mol. The second kappa shape index (κ2) is 9.24. The fraction of sp³-hybridized carbons (Fsp3) is 0.571. The van der Waals surface area contributed by atoms with E-state index in [9.17, 15) is 0 Å². The molecule has 0 spiro atoms. The summed E-state index contributed by atoms with van der Waals surface area (Å²) in [5.74, 6) is 0.957. The first-order valence-electron chi connectivity index (χ1n) is 12.3. The van der Waals surface area contributed by atoms with E-state index in [4.69, 9.17) is 16.2 Å². The summed E-state index contributed by atoms with van der Waals surface area (Å²) in [6.07, 6.45) is 12.2. The van der Waals surface area contributed by atoms with Gasteiger partial charge in [0.25, 0.3) is 0 Å². The fourth-order valence-electron chi connectivity index (χ4n) is 6.19. The zero-order valence-electron chi connectivity index (χ0n) is 19.4. The lowest BCUT2D eigenvalue weighted by Gasteiger charge is -2.43. The molecule has 0 saturated heterocycles. The van der Waals surface area contributed by atoms with Gasteiger partial charge in [0.1, 0.15) is 0 Å². The molecule has 0 radical (unpaired) electrons. The van der Waals surface area contributed by atoms with Gasteiger partial charge in [0, 0.05) is 11.4 Å². The highest BCUT2D eigenvalue weighted by molar-refractivity contribution is 5.41. The van der Waals surface area contributed by atoms with Gasteiger partial charge >= 0.3 is 0 Å². The molecule has 2 unspecified atom stereocenters. The van der Waals surface area contributed by atoms with Gasteiger partial charge in [-0.2, -0.15) is 0 Å². The molecular formula is C28H40N2O. The molecule has 2 fully saturated rings. The largest absolute Gasteiger partial charge is 0.399 e. The minimum Gasteiger partial charge on any atom is -0.399 e. The first-order chi connectivity index (χ1) is 14.9. The van der Waals surface area contributed by atoms with Crippen molar-refractivity contribution in [1.82, 2.24) is 0 Å². The SMILES string of the molecule is CC(CC1(OC2(CC(C)c3ccc(N)cc3)CCCC2)CCCC1)c1ccc(N)cc1. The van der Waals surface area contributed by atoms with Crippen LogP contribution in [-0.2, 0) is 4.74 Å². The molecule has 4 N–H and O–H groups in total. The van der Waals surface area contributed by atoms with Crippen LogP contribution in [0, 0.1) is 0 Å². The molecule has 0 bridgehead atoms. The molecule has 4 rings (SSSR count). The zero-order valence-corrected chi connectivity index (χ0v) is 19.4. The summed E-state index contributed by atoms with van der Waals surface area (Å²) in [6, 6.07) is 16.9. The maximum absolute atomic E-state index is 7.33. The van der Waals surface area contributed by atoms with E-state index in [1.165, 1.54) is 62.5 Å². The number of nitrogen functional groups attached to an aromatic ring is 2. The van der Waals surface area contributed by atoms with Gasteiger partial charge in [-0.05, 0) is 85.8 Å². The molecule has 2 aromatic carbocycles. The van der Waals surface area contributed by atoms with Gasteiger partial charge in [-0.3, -0.25) is 0 Å². The van der Waals surface area contributed by atoms with E-state index in [0.717, 1.165) is 24.2 Å². The van der Waals surface area contributed by atoms with Crippen molar-refractivity contribution < 1.29 is 4.74 Å². The monoisotopic (exact) mass is 420 g/mol. The second-order valence-electron chi connectivity index (χ2n) is 10.4. The fourth-order valence-corrected chi connectivity index (χ4v) is 6.19. The van der Waals surface area contributed by atoms with Crippen molar-refractivity contribution in [3.05, 3.63) is 59.7 Å². The molecule has 0 aromatic heterocycles. The number of benzene rings is 2. The Labute approximate surface area is 188 Å². The normalized spacial score (nSPS) is 21.7. The highest BCUT2D eigenvalue weighted by Gasteiger charge is 2.46. The lowest BCUT2D eigenvalue weighted by molar-refractivity contribution is -0.162. The van der Waals surface area contributed by atoms with E-state index in [1.807, 2.05) is 24.3 Å². The minimum absolute atomic E-state index is 0.0198. The molecule has 168 valence electrons. The van der Waals surface area contributed by atoms with Crippen LogP contribution in [0.15, 0.2) is 48.5 Å². The van der Waals surface area contributed by atoms with Crippen LogP contribution in [-0.4, -0.2) is 11.2 Å². The number of anilines is 2. The number of hydrogen-bond donors (Lipinski definition) is 2. The van der Waals surface area contributed by atoms with Crippen molar-refractivity contribution in [3.63, 3.8) is 0 Å². The van der Waals surface area contributed by atoms with Gasteiger partial charge in [-0.25, -0.2) is 0 Å². The summed E-state index contributed by atoms with van der Waals surface area (Å²) in [5, 5.41) is 0. The predicted octanol–water partition coefficient (Wildman–Crippen LogP) is 7.18. The Kier molecular flexibility index (Phi) is 6.62. The molecular weight excluding hydrogens is 380 g/mol. The first kappa shape index (κ1) is 22.2. The number of rotatable bonds is 8. The van der Waals surface area contributed by atoms with Gasteiger partial charge in [0.2, 0.25) is 0 Å². The molecule has 2 atom stereocenters. The topological polar surface area (TPSA) is 61.3 Å². The molecule has 3 nitrogen and oxygen atoms in total. The Morgan fingerprint density at radius 2 is 0.968 bits per heavy atom. The van der Waals surface area contributed by atoms with Gasteiger partial charge in [-0.1, -0.05) is 63.8 Å². The van der Waals surface area contributed by atoms with Gasteiger partial charge in [-0.15, -0.1) is 0 Å². The van der Waals surface area contributed by atoms with Crippen molar-refractivity contribution >= 4 is 11.4 Å². The summed E-state index contributed by atoms with van der Waals surface area (Å²) >= 11 is 0.